The van der Waals surface area contributed by atoms with E-state index in [4.69, 9.17) is 0 Å². The maximum Gasteiger partial charge on any atom is 0.312 e. The predicted octanol–water partition coefficient (Wildman–Crippen LogP) is 0.915. The molecule has 0 heterocycles. The van der Waals surface area contributed by atoms with Crippen molar-refractivity contribution in [2.45, 2.75) is 12.8 Å². The first-order valence-electron chi connectivity index (χ1n) is 4.51. The van der Waals surface area contributed by atoms with E-state index < -0.39 is 0 Å². The van der Waals surface area contributed by atoms with Crippen molar-refractivity contribution in [3.05, 3.63) is 12.2 Å². The zero-order valence-corrected chi connectivity index (χ0v) is 8.36. The molecule has 2 atom stereocenters. The van der Waals surface area contributed by atoms with Gasteiger partial charge in [0.05, 0.1) is 26.1 Å². The molecule has 1 aliphatic rings. The van der Waals surface area contributed by atoms with Gasteiger partial charge in [-0.15, -0.1) is 0 Å². The van der Waals surface area contributed by atoms with Crippen molar-refractivity contribution >= 4 is 11.9 Å². The van der Waals surface area contributed by atoms with Gasteiger partial charge in [0.25, 0.3) is 0 Å². The number of hydrogen-bond donors (Lipinski definition) is 0. The summed E-state index contributed by atoms with van der Waals surface area (Å²) in [5.41, 5.74) is 0. The van der Waals surface area contributed by atoms with Gasteiger partial charge >= 0.3 is 11.9 Å². The SMILES string of the molecule is COC(=O)[C@H]1CC=C[C@@H](C(=O)OC)C1. The van der Waals surface area contributed by atoms with Crippen molar-refractivity contribution in [1.82, 2.24) is 0 Å². The molecule has 0 unspecified atom stereocenters. The van der Waals surface area contributed by atoms with Gasteiger partial charge in [0.1, 0.15) is 0 Å². The number of hydrogen-bond acceptors (Lipinski definition) is 4. The van der Waals surface area contributed by atoms with Crippen LogP contribution in [0.4, 0.5) is 0 Å². The Balaban J connectivity index is 2.60. The minimum absolute atomic E-state index is 0.214. The zero-order chi connectivity index (χ0) is 10.6. The van der Waals surface area contributed by atoms with Crippen molar-refractivity contribution < 1.29 is 19.1 Å². The fraction of sp³-hybridized carbons (Fsp3) is 0.600. The molecule has 14 heavy (non-hydrogen) atoms. The summed E-state index contributed by atoms with van der Waals surface area (Å²) >= 11 is 0. The van der Waals surface area contributed by atoms with E-state index in [0.29, 0.717) is 12.8 Å². The van der Waals surface area contributed by atoms with Crippen LogP contribution in [0.1, 0.15) is 12.8 Å². The first-order chi connectivity index (χ1) is 6.69. The van der Waals surface area contributed by atoms with Crippen LogP contribution in [0.15, 0.2) is 12.2 Å². The molecule has 0 N–H and O–H groups in total. The lowest BCUT2D eigenvalue weighted by molar-refractivity contribution is -0.148. The molecular weight excluding hydrogens is 184 g/mol. The smallest absolute Gasteiger partial charge is 0.312 e. The minimum Gasteiger partial charge on any atom is -0.469 e. The number of esters is 2. The summed E-state index contributed by atoms with van der Waals surface area (Å²) in [6, 6.07) is 0. The second kappa shape index (κ2) is 4.79. The Morgan fingerprint density at radius 2 is 1.86 bits per heavy atom. The van der Waals surface area contributed by atoms with Crippen LogP contribution in [-0.4, -0.2) is 26.2 Å². The summed E-state index contributed by atoms with van der Waals surface area (Å²) in [5, 5.41) is 0. The van der Waals surface area contributed by atoms with Gasteiger partial charge in [-0.2, -0.15) is 0 Å². The van der Waals surface area contributed by atoms with E-state index in [1.54, 1.807) is 6.08 Å². The average Bonchev–Trinajstić information content (AvgIpc) is 2.27. The summed E-state index contributed by atoms with van der Waals surface area (Å²) in [7, 11) is 2.70. The maximum atomic E-state index is 11.2. The third-order valence-electron chi connectivity index (χ3n) is 2.37. The predicted molar refractivity (Wildman–Crippen MR) is 49.4 cm³/mol. The lowest BCUT2D eigenvalue weighted by atomic mass is 9.87. The second-order valence-electron chi connectivity index (χ2n) is 3.25. The second-order valence-corrected chi connectivity index (χ2v) is 3.25. The largest absolute Gasteiger partial charge is 0.469 e. The van der Waals surface area contributed by atoms with Crippen molar-refractivity contribution in [3.8, 4) is 0 Å². The molecule has 4 nitrogen and oxygen atoms in total. The van der Waals surface area contributed by atoms with Crippen molar-refractivity contribution in [2.24, 2.45) is 11.8 Å². The summed E-state index contributed by atoms with van der Waals surface area (Å²) < 4.78 is 9.24. The third-order valence-corrected chi connectivity index (χ3v) is 2.37. The van der Waals surface area contributed by atoms with E-state index in [1.807, 2.05) is 6.08 Å². The number of carbonyl (C=O) groups is 2. The summed E-state index contributed by atoms with van der Waals surface area (Å²) in [5.74, 6) is -1.08. The molecular formula is C10H14O4. The Kier molecular flexibility index (Phi) is 3.68. The van der Waals surface area contributed by atoms with Gasteiger partial charge < -0.3 is 9.47 Å². The molecule has 4 heteroatoms. The number of carbonyl (C=O) groups excluding carboxylic acids is 2. The van der Waals surface area contributed by atoms with Crippen molar-refractivity contribution in [3.63, 3.8) is 0 Å². The Labute approximate surface area is 82.9 Å². The lowest BCUT2D eigenvalue weighted by Crippen LogP contribution is -2.26. The van der Waals surface area contributed by atoms with E-state index in [0.717, 1.165) is 0 Å². The Hall–Kier alpha value is -1.32. The van der Waals surface area contributed by atoms with Gasteiger partial charge in [0.15, 0.2) is 0 Å². The van der Waals surface area contributed by atoms with Gasteiger partial charge in [-0.3, -0.25) is 9.59 Å². The van der Waals surface area contributed by atoms with Crippen LogP contribution < -0.4 is 0 Å². The summed E-state index contributed by atoms with van der Waals surface area (Å²) in [6.45, 7) is 0. The summed E-state index contributed by atoms with van der Waals surface area (Å²) in [4.78, 5) is 22.4. The van der Waals surface area contributed by atoms with Gasteiger partial charge in [-0.25, -0.2) is 0 Å². The van der Waals surface area contributed by atoms with E-state index in [-0.39, 0.29) is 23.8 Å². The Morgan fingerprint density at radius 3 is 2.43 bits per heavy atom. The molecule has 0 saturated carbocycles. The first-order valence-corrected chi connectivity index (χ1v) is 4.51. The molecule has 0 aliphatic heterocycles. The fourth-order valence-corrected chi connectivity index (χ4v) is 1.57. The lowest BCUT2D eigenvalue weighted by Gasteiger charge is -2.20. The topological polar surface area (TPSA) is 52.6 Å². The van der Waals surface area contributed by atoms with Gasteiger partial charge in [-0.1, -0.05) is 12.2 Å². The molecule has 0 spiro atoms. The third kappa shape index (κ3) is 2.34. The quantitative estimate of drug-likeness (QED) is 0.489. The van der Waals surface area contributed by atoms with Crippen molar-refractivity contribution in [2.75, 3.05) is 14.2 Å². The van der Waals surface area contributed by atoms with E-state index in [2.05, 4.69) is 9.47 Å². The van der Waals surface area contributed by atoms with E-state index in [1.165, 1.54) is 14.2 Å². The number of allylic oxidation sites excluding steroid dienone is 1. The number of methoxy groups -OCH3 is 2. The Morgan fingerprint density at radius 1 is 1.21 bits per heavy atom. The molecule has 1 aliphatic carbocycles. The summed E-state index contributed by atoms with van der Waals surface area (Å²) in [6.07, 6.45) is 4.73. The highest BCUT2D eigenvalue weighted by Crippen LogP contribution is 2.25. The monoisotopic (exact) mass is 198 g/mol. The molecule has 0 radical (unpaired) electrons. The molecule has 78 valence electrons. The zero-order valence-electron chi connectivity index (χ0n) is 8.36. The van der Waals surface area contributed by atoms with Crippen LogP contribution in [0.25, 0.3) is 0 Å². The minimum atomic E-state index is -0.308. The van der Waals surface area contributed by atoms with Gasteiger partial charge in [0, 0.05) is 0 Å². The maximum absolute atomic E-state index is 11.2. The fourth-order valence-electron chi connectivity index (χ4n) is 1.57. The molecule has 0 aromatic heterocycles. The van der Waals surface area contributed by atoms with Gasteiger partial charge in [-0.05, 0) is 12.8 Å². The molecule has 0 aromatic rings. The molecule has 0 bridgehead atoms. The normalized spacial score (nSPS) is 25.6. The average molecular weight is 198 g/mol. The highest BCUT2D eigenvalue weighted by Gasteiger charge is 2.28. The Bertz CT molecular complexity index is 257. The van der Waals surface area contributed by atoms with Crippen molar-refractivity contribution in [1.29, 1.82) is 0 Å². The van der Waals surface area contributed by atoms with Crippen LogP contribution in [0.3, 0.4) is 0 Å². The van der Waals surface area contributed by atoms with Crippen LogP contribution in [0, 0.1) is 11.8 Å². The van der Waals surface area contributed by atoms with Crippen LogP contribution in [-0.2, 0) is 19.1 Å². The molecule has 0 fully saturated rings. The highest BCUT2D eigenvalue weighted by atomic mass is 16.5. The van der Waals surface area contributed by atoms with Crippen LogP contribution in [0.2, 0.25) is 0 Å². The molecule has 0 aromatic carbocycles. The molecule has 0 amide bonds. The number of rotatable bonds is 2. The van der Waals surface area contributed by atoms with Crippen LogP contribution in [0.5, 0.6) is 0 Å². The molecule has 1 rings (SSSR count). The highest BCUT2D eigenvalue weighted by molar-refractivity contribution is 5.78. The van der Waals surface area contributed by atoms with E-state index in [9.17, 15) is 9.59 Å². The van der Waals surface area contributed by atoms with Crippen LogP contribution >= 0.6 is 0 Å². The first kappa shape index (κ1) is 10.8. The standard InChI is InChI=1S/C10H14O4/c1-13-9(11)7-4-3-5-8(6-7)10(12)14-2/h3-4,7-8H,5-6H2,1-2H3/t7-,8+/m1/s1. The van der Waals surface area contributed by atoms with Gasteiger partial charge in [0.2, 0.25) is 0 Å². The van der Waals surface area contributed by atoms with E-state index >= 15 is 0 Å². The molecule has 0 saturated heterocycles. The number of ether oxygens (including phenoxy) is 2.